The third-order valence-electron chi connectivity index (χ3n) is 6.42. The van der Waals surface area contributed by atoms with E-state index >= 15 is 0 Å². The highest BCUT2D eigenvalue weighted by Crippen LogP contribution is 2.42. The smallest absolute Gasteiger partial charge is 0.251 e. The molecule has 26 heavy (non-hydrogen) atoms. The lowest BCUT2D eigenvalue weighted by Gasteiger charge is -2.50. The van der Waals surface area contributed by atoms with Crippen LogP contribution >= 0.6 is 0 Å². The summed E-state index contributed by atoms with van der Waals surface area (Å²) in [5.74, 6) is 1.46. The molecule has 7 heteroatoms. The lowest BCUT2D eigenvalue weighted by molar-refractivity contribution is 0.0480. The largest absolute Gasteiger partial charge is 0.308 e. The van der Waals surface area contributed by atoms with Gasteiger partial charge >= 0.3 is 0 Å². The Morgan fingerprint density at radius 2 is 1.88 bits per heavy atom. The first-order chi connectivity index (χ1) is 12.3. The van der Waals surface area contributed by atoms with E-state index in [-0.39, 0.29) is 11.6 Å². The molecule has 0 radical (unpaired) electrons. The lowest BCUT2D eigenvalue weighted by atomic mass is 9.77. The van der Waals surface area contributed by atoms with E-state index in [1.165, 1.54) is 0 Å². The zero-order valence-corrected chi connectivity index (χ0v) is 16.5. The minimum absolute atomic E-state index is 0.112. The Balaban J connectivity index is 1.63. The van der Waals surface area contributed by atoms with E-state index in [0.717, 1.165) is 44.6 Å². The minimum atomic E-state index is -2.83. The van der Waals surface area contributed by atoms with Crippen molar-refractivity contribution in [2.45, 2.75) is 37.3 Å². The summed E-state index contributed by atoms with van der Waals surface area (Å²) in [6.07, 6.45) is 2.63. The van der Waals surface area contributed by atoms with Crippen LogP contribution in [-0.2, 0) is 9.84 Å². The van der Waals surface area contributed by atoms with Gasteiger partial charge in [0.15, 0.2) is 0 Å². The van der Waals surface area contributed by atoms with E-state index < -0.39 is 9.84 Å². The standard InChI is InChI=1S/C19H29N3O3S/c1-20(2)13-18-15-10-14(17-4-3-5-19(23)22(17)18)11-21(12-15)16-6-8-26(24,25)9-7-16/h3-5,14-16,18H,6-13H2,1-2H3/t14-,15+,18+/m1/s1. The molecular formula is C19H29N3O3S. The van der Waals surface area contributed by atoms with E-state index in [4.69, 9.17) is 0 Å². The molecule has 3 atom stereocenters. The molecule has 3 aliphatic heterocycles. The predicted molar refractivity (Wildman–Crippen MR) is 102 cm³/mol. The fourth-order valence-corrected chi connectivity index (χ4v) is 6.69. The van der Waals surface area contributed by atoms with Crippen molar-refractivity contribution in [3.8, 4) is 0 Å². The van der Waals surface area contributed by atoms with Gasteiger partial charge in [-0.25, -0.2) is 8.42 Å². The van der Waals surface area contributed by atoms with Gasteiger partial charge in [-0.3, -0.25) is 9.69 Å². The molecule has 0 unspecified atom stereocenters. The molecule has 1 aromatic rings. The first-order valence-corrected chi connectivity index (χ1v) is 11.5. The number of nitrogens with zero attached hydrogens (tertiary/aromatic N) is 3. The number of fused-ring (bicyclic) bond motifs is 4. The van der Waals surface area contributed by atoms with Crippen molar-refractivity contribution >= 4 is 9.84 Å². The van der Waals surface area contributed by atoms with Gasteiger partial charge in [0.2, 0.25) is 0 Å². The quantitative estimate of drug-likeness (QED) is 0.782. The summed E-state index contributed by atoms with van der Waals surface area (Å²) in [5, 5.41) is 0. The Morgan fingerprint density at radius 1 is 1.15 bits per heavy atom. The van der Waals surface area contributed by atoms with Gasteiger partial charge in [-0.05, 0) is 45.3 Å². The summed E-state index contributed by atoms with van der Waals surface area (Å²) in [6.45, 7) is 2.78. The Hall–Kier alpha value is -1.18. The van der Waals surface area contributed by atoms with Crippen LogP contribution in [0.4, 0.5) is 0 Å². The summed E-state index contributed by atoms with van der Waals surface area (Å²) in [6, 6.07) is 6.23. The highest BCUT2D eigenvalue weighted by atomic mass is 32.2. The molecule has 0 amide bonds. The molecular weight excluding hydrogens is 350 g/mol. The number of hydrogen-bond acceptors (Lipinski definition) is 5. The highest BCUT2D eigenvalue weighted by Gasteiger charge is 2.42. The Bertz CT molecular complexity index is 819. The van der Waals surface area contributed by atoms with Crippen LogP contribution in [0, 0.1) is 5.92 Å². The first-order valence-electron chi connectivity index (χ1n) is 9.65. The maximum atomic E-state index is 12.6. The van der Waals surface area contributed by atoms with Crippen molar-refractivity contribution in [2.75, 3.05) is 45.2 Å². The second kappa shape index (κ2) is 6.77. The van der Waals surface area contributed by atoms with Crippen LogP contribution in [0.5, 0.6) is 0 Å². The monoisotopic (exact) mass is 379 g/mol. The fourth-order valence-electron chi connectivity index (χ4n) is 5.23. The molecule has 0 N–H and O–H groups in total. The second-order valence-electron chi connectivity index (χ2n) is 8.52. The predicted octanol–water partition coefficient (Wildman–Crippen LogP) is 0.947. The number of piperidine rings is 1. The number of likely N-dealkylation sites (tertiary alicyclic amines) is 1. The Morgan fingerprint density at radius 3 is 2.58 bits per heavy atom. The zero-order valence-electron chi connectivity index (χ0n) is 15.7. The molecule has 1 aromatic heterocycles. The van der Waals surface area contributed by atoms with E-state index in [1.807, 2.05) is 10.6 Å². The Labute approximate surface area is 155 Å². The maximum absolute atomic E-state index is 12.6. The van der Waals surface area contributed by atoms with E-state index in [0.29, 0.717) is 29.4 Å². The second-order valence-corrected chi connectivity index (χ2v) is 10.8. The van der Waals surface area contributed by atoms with Crippen molar-refractivity contribution in [3.63, 3.8) is 0 Å². The molecule has 0 spiro atoms. The van der Waals surface area contributed by atoms with Crippen molar-refractivity contribution in [1.29, 1.82) is 0 Å². The lowest BCUT2D eigenvalue weighted by Crippen LogP contribution is -2.54. The SMILES string of the molecule is CN(C)C[C@H]1[C@H]2C[C@H](CN(C3CCS(=O)(=O)CC3)C2)c2cccc(=O)n21. The van der Waals surface area contributed by atoms with Crippen LogP contribution in [0.3, 0.4) is 0 Å². The van der Waals surface area contributed by atoms with E-state index in [2.05, 4.69) is 30.0 Å². The molecule has 6 nitrogen and oxygen atoms in total. The minimum Gasteiger partial charge on any atom is -0.308 e. The molecule has 3 aliphatic rings. The summed E-state index contributed by atoms with van der Waals surface area (Å²) in [5.41, 5.74) is 1.27. The van der Waals surface area contributed by atoms with Gasteiger partial charge in [-0.1, -0.05) is 6.07 Å². The molecule has 4 heterocycles. The van der Waals surface area contributed by atoms with Gasteiger partial charge < -0.3 is 9.47 Å². The van der Waals surface area contributed by atoms with Gasteiger partial charge in [0.25, 0.3) is 5.56 Å². The third kappa shape index (κ3) is 3.37. The van der Waals surface area contributed by atoms with Crippen molar-refractivity contribution in [3.05, 3.63) is 34.2 Å². The van der Waals surface area contributed by atoms with Gasteiger partial charge in [0.1, 0.15) is 9.84 Å². The summed E-state index contributed by atoms with van der Waals surface area (Å²) < 4.78 is 25.6. The first kappa shape index (κ1) is 18.2. The van der Waals surface area contributed by atoms with Crippen molar-refractivity contribution < 1.29 is 8.42 Å². The van der Waals surface area contributed by atoms with Gasteiger partial charge in [0.05, 0.1) is 17.5 Å². The van der Waals surface area contributed by atoms with Crippen LogP contribution < -0.4 is 5.56 Å². The highest BCUT2D eigenvalue weighted by molar-refractivity contribution is 7.91. The molecule has 2 saturated heterocycles. The maximum Gasteiger partial charge on any atom is 0.251 e. The number of rotatable bonds is 3. The average Bonchev–Trinajstić information content (AvgIpc) is 2.58. The van der Waals surface area contributed by atoms with Crippen LogP contribution in [0.25, 0.3) is 0 Å². The summed E-state index contributed by atoms with van der Waals surface area (Å²) >= 11 is 0. The zero-order chi connectivity index (χ0) is 18.5. The third-order valence-corrected chi connectivity index (χ3v) is 8.13. The number of pyridine rings is 1. The van der Waals surface area contributed by atoms with Crippen LogP contribution in [0.15, 0.2) is 23.0 Å². The molecule has 144 valence electrons. The molecule has 4 rings (SSSR count). The number of hydrogen-bond donors (Lipinski definition) is 0. The average molecular weight is 380 g/mol. The molecule has 2 bridgehead atoms. The van der Waals surface area contributed by atoms with Crippen LogP contribution in [-0.4, -0.2) is 74.1 Å². The molecule has 0 aromatic carbocycles. The van der Waals surface area contributed by atoms with Gasteiger partial charge in [-0.2, -0.15) is 0 Å². The Kier molecular flexibility index (Phi) is 4.73. The van der Waals surface area contributed by atoms with Crippen LogP contribution in [0.1, 0.15) is 36.9 Å². The molecule has 0 saturated carbocycles. The summed E-state index contributed by atoms with van der Waals surface area (Å²) in [4.78, 5) is 17.3. The topological polar surface area (TPSA) is 62.6 Å². The van der Waals surface area contributed by atoms with E-state index in [9.17, 15) is 13.2 Å². The summed E-state index contributed by atoms with van der Waals surface area (Å²) in [7, 11) is 1.29. The van der Waals surface area contributed by atoms with Gasteiger partial charge in [-0.15, -0.1) is 0 Å². The van der Waals surface area contributed by atoms with Crippen molar-refractivity contribution in [2.24, 2.45) is 5.92 Å². The molecule has 2 fully saturated rings. The van der Waals surface area contributed by atoms with Crippen molar-refractivity contribution in [1.82, 2.24) is 14.4 Å². The normalized spacial score (nSPS) is 31.7. The van der Waals surface area contributed by atoms with Gasteiger partial charge in [0, 0.05) is 43.4 Å². The van der Waals surface area contributed by atoms with E-state index in [1.54, 1.807) is 6.07 Å². The number of aromatic nitrogens is 1. The molecule has 0 aliphatic carbocycles. The number of likely N-dealkylation sites (N-methyl/N-ethyl adjacent to an activating group) is 1. The number of sulfone groups is 1. The van der Waals surface area contributed by atoms with Crippen LogP contribution in [0.2, 0.25) is 0 Å². The fraction of sp³-hybridized carbons (Fsp3) is 0.737.